The van der Waals surface area contributed by atoms with Gasteiger partial charge in [0.1, 0.15) is 0 Å². The van der Waals surface area contributed by atoms with Gasteiger partial charge in [0.15, 0.2) is 0 Å². The number of amides is 1. The van der Waals surface area contributed by atoms with Gasteiger partial charge in [0, 0.05) is 20.2 Å². The molecule has 0 aromatic rings. The van der Waals surface area contributed by atoms with Crippen molar-refractivity contribution in [2.45, 2.75) is 38.2 Å². The van der Waals surface area contributed by atoms with Gasteiger partial charge in [-0.1, -0.05) is 12.8 Å². The average Bonchev–Trinajstić information content (AvgIpc) is 2.86. The predicted molar refractivity (Wildman–Crippen MR) is 65.1 cm³/mol. The van der Waals surface area contributed by atoms with Crippen molar-refractivity contribution in [3.63, 3.8) is 0 Å². The van der Waals surface area contributed by atoms with Crippen molar-refractivity contribution < 1.29 is 19.4 Å². The van der Waals surface area contributed by atoms with E-state index in [1.165, 1.54) is 0 Å². The van der Waals surface area contributed by atoms with Crippen LogP contribution < -0.4 is 0 Å². The van der Waals surface area contributed by atoms with Gasteiger partial charge in [0.25, 0.3) is 0 Å². The van der Waals surface area contributed by atoms with Gasteiger partial charge >= 0.3 is 5.97 Å². The first-order valence-electron chi connectivity index (χ1n) is 6.68. The molecule has 1 saturated heterocycles. The van der Waals surface area contributed by atoms with Crippen LogP contribution in [0.2, 0.25) is 0 Å². The van der Waals surface area contributed by atoms with Crippen LogP contribution in [-0.4, -0.2) is 48.2 Å². The lowest BCUT2D eigenvalue weighted by Crippen LogP contribution is -2.41. The van der Waals surface area contributed by atoms with Crippen LogP contribution in [0.3, 0.4) is 0 Å². The highest BCUT2D eigenvalue weighted by Crippen LogP contribution is 2.32. The maximum absolute atomic E-state index is 12.4. The zero-order valence-electron chi connectivity index (χ0n) is 10.8. The molecule has 0 radical (unpaired) electrons. The Morgan fingerprint density at radius 3 is 2.39 bits per heavy atom. The van der Waals surface area contributed by atoms with Gasteiger partial charge in [0.2, 0.25) is 5.91 Å². The number of hydrogen-bond acceptors (Lipinski definition) is 3. The number of hydrogen-bond donors (Lipinski definition) is 1. The Labute approximate surface area is 107 Å². The van der Waals surface area contributed by atoms with Crippen molar-refractivity contribution in [2.24, 2.45) is 11.8 Å². The molecule has 1 heterocycles. The lowest BCUT2D eigenvalue weighted by Gasteiger charge is -2.30. The molecule has 0 bridgehead atoms. The molecule has 1 aliphatic carbocycles. The van der Waals surface area contributed by atoms with Gasteiger partial charge in [-0.2, -0.15) is 0 Å². The number of rotatable bonds is 3. The molecule has 5 nitrogen and oxygen atoms in total. The summed E-state index contributed by atoms with van der Waals surface area (Å²) in [5.41, 5.74) is 0. The Bertz CT molecular complexity index is 331. The molecule has 2 fully saturated rings. The first-order chi connectivity index (χ1) is 8.63. The van der Waals surface area contributed by atoms with E-state index >= 15 is 0 Å². The van der Waals surface area contributed by atoms with E-state index in [1.807, 2.05) is 0 Å². The van der Waals surface area contributed by atoms with Crippen molar-refractivity contribution in [3.05, 3.63) is 0 Å². The molecule has 2 aliphatic rings. The molecule has 18 heavy (non-hydrogen) atoms. The van der Waals surface area contributed by atoms with Crippen LogP contribution in [0.15, 0.2) is 0 Å². The van der Waals surface area contributed by atoms with Crippen molar-refractivity contribution in [3.8, 4) is 0 Å². The van der Waals surface area contributed by atoms with Crippen LogP contribution in [0.4, 0.5) is 0 Å². The fourth-order valence-electron chi connectivity index (χ4n) is 3.08. The van der Waals surface area contributed by atoms with Crippen molar-refractivity contribution in [1.82, 2.24) is 4.90 Å². The Kier molecular flexibility index (Phi) is 4.22. The summed E-state index contributed by atoms with van der Waals surface area (Å²) >= 11 is 0. The normalized spacial score (nSPS) is 32.5. The van der Waals surface area contributed by atoms with Crippen molar-refractivity contribution in [2.75, 3.05) is 20.2 Å². The van der Waals surface area contributed by atoms with Gasteiger partial charge in [0.05, 0.1) is 17.9 Å². The third-order valence-electron chi connectivity index (χ3n) is 4.19. The van der Waals surface area contributed by atoms with Crippen molar-refractivity contribution in [1.29, 1.82) is 0 Å². The van der Waals surface area contributed by atoms with Crippen LogP contribution >= 0.6 is 0 Å². The molecular weight excluding hydrogens is 234 g/mol. The number of carbonyl (C=O) groups excluding carboxylic acids is 1. The molecule has 0 aromatic carbocycles. The zero-order chi connectivity index (χ0) is 13.1. The number of carboxylic acid groups (broad SMARTS) is 1. The smallest absolute Gasteiger partial charge is 0.307 e. The molecule has 5 heteroatoms. The Balaban J connectivity index is 2.00. The minimum absolute atomic E-state index is 0.0154. The van der Waals surface area contributed by atoms with Crippen molar-refractivity contribution >= 4 is 11.9 Å². The summed E-state index contributed by atoms with van der Waals surface area (Å²) in [5, 5.41) is 9.20. The van der Waals surface area contributed by atoms with E-state index < -0.39 is 11.9 Å². The van der Waals surface area contributed by atoms with E-state index in [2.05, 4.69) is 0 Å². The highest BCUT2D eigenvalue weighted by Gasteiger charge is 2.39. The van der Waals surface area contributed by atoms with Gasteiger partial charge in [-0.25, -0.2) is 0 Å². The lowest BCUT2D eigenvalue weighted by atomic mass is 9.78. The van der Waals surface area contributed by atoms with Gasteiger partial charge in [-0.3, -0.25) is 9.59 Å². The van der Waals surface area contributed by atoms with Gasteiger partial charge < -0.3 is 14.7 Å². The van der Waals surface area contributed by atoms with E-state index in [-0.39, 0.29) is 17.9 Å². The Hall–Kier alpha value is -1.10. The first-order valence-corrected chi connectivity index (χ1v) is 6.68. The number of carbonyl (C=O) groups is 2. The second-order valence-corrected chi connectivity index (χ2v) is 5.27. The van der Waals surface area contributed by atoms with Gasteiger partial charge in [-0.15, -0.1) is 0 Å². The number of nitrogens with zero attached hydrogens (tertiary/aromatic N) is 1. The highest BCUT2D eigenvalue weighted by atomic mass is 16.5. The summed E-state index contributed by atoms with van der Waals surface area (Å²) in [6, 6.07) is 0. The fourth-order valence-corrected chi connectivity index (χ4v) is 3.08. The van der Waals surface area contributed by atoms with Crippen LogP contribution in [-0.2, 0) is 14.3 Å². The first kappa shape index (κ1) is 13.3. The van der Waals surface area contributed by atoms with Crippen LogP contribution in [0.25, 0.3) is 0 Å². The molecule has 1 saturated carbocycles. The molecule has 102 valence electrons. The van der Waals surface area contributed by atoms with Crippen LogP contribution in [0, 0.1) is 11.8 Å². The quantitative estimate of drug-likeness (QED) is 0.820. The van der Waals surface area contributed by atoms with E-state index in [1.54, 1.807) is 12.0 Å². The average molecular weight is 255 g/mol. The number of methoxy groups -OCH3 is 1. The fraction of sp³-hybridized carbons (Fsp3) is 0.846. The lowest BCUT2D eigenvalue weighted by molar-refractivity contribution is -0.152. The van der Waals surface area contributed by atoms with E-state index in [0.717, 1.165) is 19.3 Å². The number of likely N-dealkylation sites (tertiary alicyclic amines) is 1. The largest absolute Gasteiger partial charge is 0.481 e. The molecule has 2 rings (SSSR count). The standard InChI is InChI=1S/C13H21NO4/c1-18-9-6-7-14(8-9)12(15)10-4-2-3-5-11(10)13(16)17/h9-11H,2-8H2,1H3,(H,16,17)/t9?,10-,11+/m1/s1. The molecule has 0 aromatic heterocycles. The summed E-state index contributed by atoms with van der Waals surface area (Å²) in [6.45, 7) is 1.30. The van der Waals surface area contributed by atoms with Crippen LogP contribution in [0.5, 0.6) is 0 Å². The minimum atomic E-state index is -0.824. The summed E-state index contributed by atoms with van der Waals surface area (Å²) in [6.07, 6.45) is 4.19. The van der Waals surface area contributed by atoms with Gasteiger partial charge in [-0.05, 0) is 19.3 Å². The molecule has 1 unspecified atom stereocenters. The van der Waals surface area contributed by atoms with E-state index in [9.17, 15) is 14.7 Å². The molecule has 3 atom stereocenters. The summed E-state index contributed by atoms with van der Waals surface area (Å²) in [4.78, 5) is 25.4. The summed E-state index contributed by atoms with van der Waals surface area (Å²) < 4.78 is 5.24. The number of carboxylic acids is 1. The predicted octanol–water partition coefficient (Wildman–Crippen LogP) is 1.12. The third-order valence-corrected chi connectivity index (χ3v) is 4.19. The molecule has 1 N–H and O–H groups in total. The molecule has 1 amide bonds. The highest BCUT2D eigenvalue weighted by molar-refractivity contribution is 5.85. The van der Waals surface area contributed by atoms with E-state index in [0.29, 0.717) is 25.9 Å². The molecular formula is C13H21NO4. The maximum Gasteiger partial charge on any atom is 0.307 e. The Morgan fingerprint density at radius 1 is 1.17 bits per heavy atom. The summed E-state index contributed by atoms with van der Waals surface area (Å²) in [7, 11) is 1.65. The number of aliphatic carboxylic acids is 1. The summed E-state index contributed by atoms with van der Waals surface area (Å²) in [5.74, 6) is -1.63. The van der Waals surface area contributed by atoms with Crippen LogP contribution in [0.1, 0.15) is 32.1 Å². The van der Waals surface area contributed by atoms with E-state index in [4.69, 9.17) is 4.74 Å². The Morgan fingerprint density at radius 2 is 1.83 bits per heavy atom. The second kappa shape index (κ2) is 5.69. The molecule has 1 aliphatic heterocycles. The zero-order valence-corrected chi connectivity index (χ0v) is 10.8. The third kappa shape index (κ3) is 2.66. The number of ether oxygens (including phenoxy) is 1. The second-order valence-electron chi connectivity index (χ2n) is 5.27. The monoisotopic (exact) mass is 255 g/mol. The maximum atomic E-state index is 12.4. The molecule has 0 spiro atoms. The topological polar surface area (TPSA) is 66.8 Å². The SMILES string of the molecule is COC1CCN(C(=O)[C@@H]2CCCC[C@@H]2C(=O)O)C1. The minimum Gasteiger partial charge on any atom is -0.481 e.